The molecule has 25 heavy (non-hydrogen) atoms. The normalized spacial score (nSPS) is 29.1. The van der Waals surface area contributed by atoms with Crippen LogP contribution in [0.2, 0.25) is 0 Å². The predicted octanol–water partition coefficient (Wildman–Crippen LogP) is -0.389. The number of methoxy groups -OCH3 is 2. The van der Waals surface area contributed by atoms with Crippen LogP contribution in [-0.2, 0) is 11.2 Å². The van der Waals surface area contributed by atoms with Gasteiger partial charge in [-0.15, -0.1) is 6.58 Å². The molecule has 1 aromatic rings. The van der Waals surface area contributed by atoms with Crippen LogP contribution in [0, 0.1) is 0 Å². The van der Waals surface area contributed by atoms with Gasteiger partial charge in [0.15, 0.2) is 11.5 Å². The quantitative estimate of drug-likeness (QED) is 0.488. The second kappa shape index (κ2) is 8.50. The Kier molecular flexibility index (Phi) is 6.63. The van der Waals surface area contributed by atoms with Gasteiger partial charge >= 0.3 is 0 Å². The second-order valence-electron chi connectivity index (χ2n) is 5.64. The van der Waals surface area contributed by atoms with Gasteiger partial charge in [-0.2, -0.15) is 0 Å². The van der Waals surface area contributed by atoms with Crippen molar-refractivity contribution in [3.05, 3.63) is 30.4 Å². The smallest absolute Gasteiger partial charge is 0.229 e. The van der Waals surface area contributed by atoms with Crippen LogP contribution >= 0.6 is 0 Å². The van der Waals surface area contributed by atoms with E-state index in [0.717, 1.165) is 5.56 Å². The molecule has 0 aromatic heterocycles. The van der Waals surface area contributed by atoms with Crippen molar-refractivity contribution in [3.8, 4) is 17.2 Å². The highest BCUT2D eigenvalue weighted by Crippen LogP contribution is 2.40. The van der Waals surface area contributed by atoms with E-state index in [1.807, 2.05) is 0 Å². The Morgan fingerprint density at radius 2 is 1.68 bits per heavy atom. The summed E-state index contributed by atoms with van der Waals surface area (Å²) in [5.74, 6) is 0.850. The minimum Gasteiger partial charge on any atom is -0.493 e. The Morgan fingerprint density at radius 3 is 2.16 bits per heavy atom. The van der Waals surface area contributed by atoms with E-state index in [2.05, 4.69) is 6.58 Å². The summed E-state index contributed by atoms with van der Waals surface area (Å²) in [6.45, 7) is 3.14. The molecule has 0 bridgehead atoms. The number of hydrogen-bond acceptors (Lipinski definition) is 8. The Labute approximate surface area is 145 Å². The summed E-state index contributed by atoms with van der Waals surface area (Å²) >= 11 is 0. The van der Waals surface area contributed by atoms with E-state index < -0.39 is 37.3 Å². The lowest BCUT2D eigenvalue weighted by Crippen LogP contribution is -2.60. The maximum atomic E-state index is 10.1. The monoisotopic (exact) mass is 356 g/mol. The molecule has 1 aromatic carbocycles. The average Bonchev–Trinajstić information content (AvgIpc) is 2.62. The highest BCUT2D eigenvalue weighted by atomic mass is 16.7. The minimum atomic E-state index is -1.53. The molecule has 8 nitrogen and oxygen atoms in total. The maximum absolute atomic E-state index is 10.1. The molecule has 0 radical (unpaired) electrons. The molecule has 1 saturated heterocycles. The highest BCUT2D eigenvalue weighted by molar-refractivity contribution is 5.54. The third kappa shape index (κ3) is 4.05. The molecule has 0 spiro atoms. The van der Waals surface area contributed by atoms with Crippen LogP contribution in [0.25, 0.3) is 0 Å². The summed E-state index contributed by atoms with van der Waals surface area (Å²) in [4.78, 5) is 0. The van der Waals surface area contributed by atoms with Crippen molar-refractivity contribution >= 4 is 0 Å². The number of ether oxygens (including phenoxy) is 4. The summed E-state index contributed by atoms with van der Waals surface area (Å²) in [5, 5.41) is 39.1. The van der Waals surface area contributed by atoms with Crippen LogP contribution < -0.4 is 14.2 Å². The summed E-state index contributed by atoms with van der Waals surface area (Å²) in [7, 11) is 2.90. The number of benzene rings is 1. The third-order valence-corrected chi connectivity index (χ3v) is 3.98. The maximum Gasteiger partial charge on any atom is 0.229 e. The number of hydrogen-bond donors (Lipinski definition) is 4. The average molecular weight is 356 g/mol. The number of allylic oxidation sites excluding steroid dienone is 1. The van der Waals surface area contributed by atoms with E-state index >= 15 is 0 Å². The molecule has 140 valence electrons. The zero-order valence-electron chi connectivity index (χ0n) is 14.2. The van der Waals surface area contributed by atoms with Crippen LogP contribution in [0.4, 0.5) is 0 Å². The van der Waals surface area contributed by atoms with Gasteiger partial charge in [-0.05, 0) is 24.1 Å². The predicted molar refractivity (Wildman–Crippen MR) is 87.8 cm³/mol. The standard InChI is InChI=1S/C17H24O8/c1-4-5-9-6-10(22-2)16(11(7-9)23-3)25-17-15(21)14(20)13(19)12(8-18)24-17/h4,6-7,12-15,17-21H,1,5,8H2,2-3H3. The molecule has 1 heterocycles. The van der Waals surface area contributed by atoms with Crippen LogP contribution in [0.3, 0.4) is 0 Å². The van der Waals surface area contributed by atoms with Crippen LogP contribution in [0.15, 0.2) is 24.8 Å². The topological polar surface area (TPSA) is 118 Å². The van der Waals surface area contributed by atoms with Crippen molar-refractivity contribution in [2.45, 2.75) is 37.1 Å². The first-order chi connectivity index (χ1) is 12.0. The molecule has 1 fully saturated rings. The molecule has 0 saturated carbocycles. The highest BCUT2D eigenvalue weighted by Gasteiger charge is 2.45. The van der Waals surface area contributed by atoms with Gasteiger partial charge in [0, 0.05) is 0 Å². The van der Waals surface area contributed by atoms with E-state index in [4.69, 9.17) is 18.9 Å². The van der Waals surface area contributed by atoms with Crippen LogP contribution in [0.1, 0.15) is 5.56 Å². The summed E-state index contributed by atoms with van der Waals surface area (Å²) < 4.78 is 21.6. The summed E-state index contributed by atoms with van der Waals surface area (Å²) in [6, 6.07) is 3.45. The van der Waals surface area contributed by atoms with Gasteiger partial charge in [-0.25, -0.2) is 0 Å². The van der Waals surface area contributed by atoms with Crippen molar-refractivity contribution in [1.82, 2.24) is 0 Å². The van der Waals surface area contributed by atoms with Crippen molar-refractivity contribution in [1.29, 1.82) is 0 Å². The van der Waals surface area contributed by atoms with Crippen LogP contribution in [-0.4, -0.2) is 72.0 Å². The fourth-order valence-corrected chi connectivity index (χ4v) is 2.62. The first-order valence-electron chi connectivity index (χ1n) is 7.79. The van der Waals surface area contributed by atoms with Gasteiger partial charge < -0.3 is 39.4 Å². The second-order valence-corrected chi connectivity index (χ2v) is 5.64. The van der Waals surface area contributed by atoms with Gasteiger partial charge in [0.1, 0.15) is 24.4 Å². The lowest BCUT2D eigenvalue weighted by Gasteiger charge is -2.39. The minimum absolute atomic E-state index is 0.169. The zero-order chi connectivity index (χ0) is 18.6. The van der Waals surface area contributed by atoms with Gasteiger partial charge in [0.2, 0.25) is 12.0 Å². The summed E-state index contributed by atoms with van der Waals surface area (Å²) in [6.07, 6.45) is -4.60. The summed E-state index contributed by atoms with van der Waals surface area (Å²) in [5.41, 5.74) is 0.879. The molecule has 0 amide bonds. The van der Waals surface area contributed by atoms with Crippen molar-refractivity contribution in [2.24, 2.45) is 0 Å². The molecular weight excluding hydrogens is 332 g/mol. The Hall–Kier alpha value is -1.84. The molecule has 8 heteroatoms. The van der Waals surface area contributed by atoms with Crippen molar-refractivity contribution < 1.29 is 39.4 Å². The SMILES string of the molecule is C=CCc1cc(OC)c(OC2OC(CO)C(O)C(O)C2O)c(OC)c1. The molecule has 5 unspecified atom stereocenters. The first kappa shape index (κ1) is 19.5. The fourth-order valence-electron chi connectivity index (χ4n) is 2.62. The van der Waals surface area contributed by atoms with E-state index in [-0.39, 0.29) is 5.75 Å². The third-order valence-electron chi connectivity index (χ3n) is 3.98. The Morgan fingerprint density at radius 1 is 1.08 bits per heavy atom. The molecular formula is C17H24O8. The van der Waals surface area contributed by atoms with Gasteiger partial charge in [-0.3, -0.25) is 0 Å². The van der Waals surface area contributed by atoms with Crippen molar-refractivity contribution in [2.75, 3.05) is 20.8 Å². The largest absolute Gasteiger partial charge is 0.493 e. The zero-order valence-corrected chi connectivity index (χ0v) is 14.2. The molecule has 1 aliphatic heterocycles. The molecule has 4 N–H and O–H groups in total. The van der Waals surface area contributed by atoms with Crippen molar-refractivity contribution in [3.63, 3.8) is 0 Å². The number of rotatable bonds is 7. The lowest BCUT2D eigenvalue weighted by atomic mass is 9.99. The van der Waals surface area contributed by atoms with Crippen LogP contribution in [0.5, 0.6) is 17.2 Å². The van der Waals surface area contributed by atoms with E-state index in [0.29, 0.717) is 17.9 Å². The van der Waals surface area contributed by atoms with Gasteiger partial charge in [-0.1, -0.05) is 6.08 Å². The Balaban J connectivity index is 2.33. The molecule has 1 aliphatic rings. The number of aliphatic hydroxyl groups excluding tert-OH is 4. The Bertz CT molecular complexity index is 563. The fraction of sp³-hybridized carbons (Fsp3) is 0.529. The van der Waals surface area contributed by atoms with Gasteiger partial charge in [0.05, 0.1) is 20.8 Å². The number of aliphatic hydroxyl groups is 4. The molecule has 5 atom stereocenters. The van der Waals surface area contributed by atoms with E-state index in [1.54, 1.807) is 18.2 Å². The molecule has 0 aliphatic carbocycles. The van der Waals surface area contributed by atoms with E-state index in [9.17, 15) is 20.4 Å². The lowest BCUT2D eigenvalue weighted by molar-refractivity contribution is -0.277. The molecule has 2 rings (SSSR count). The first-order valence-corrected chi connectivity index (χ1v) is 7.79. The van der Waals surface area contributed by atoms with E-state index in [1.165, 1.54) is 14.2 Å². The van der Waals surface area contributed by atoms with Gasteiger partial charge in [0.25, 0.3) is 0 Å².